The van der Waals surface area contributed by atoms with Crippen molar-refractivity contribution in [2.24, 2.45) is 5.92 Å². The summed E-state index contributed by atoms with van der Waals surface area (Å²) in [7, 11) is 0. The van der Waals surface area contributed by atoms with E-state index in [0.29, 0.717) is 25.3 Å². The van der Waals surface area contributed by atoms with Crippen LogP contribution in [0.5, 0.6) is 0 Å². The first-order valence-electron chi connectivity index (χ1n) is 11.2. The number of benzene rings is 1. The Bertz CT molecular complexity index is 551. The van der Waals surface area contributed by atoms with Crippen molar-refractivity contribution in [2.45, 2.75) is 47.0 Å². The normalized spacial score (nSPS) is 14.3. The van der Waals surface area contributed by atoms with E-state index in [2.05, 4.69) is 5.43 Å². The third-order valence-corrected chi connectivity index (χ3v) is 3.87. The number of unbranched alkanes of at least 4 members (excludes halogenated alkanes) is 1. The zero-order valence-electron chi connectivity index (χ0n) is 20.0. The molecule has 1 aromatic carbocycles. The lowest BCUT2D eigenvalue weighted by atomic mass is 10.0. The van der Waals surface area contributed by atoms with Gasteiger partial charge in [-0.2, -0.15) is 0 Å². The number of nitrogens with one attached hydrogen (secondary N) is 1. The maximum absolute atomic E-state index is 12.1. The fourth-order valence-electron chi connectivity index (χ4n) is 2.36. The van der Waals surface area contributed by atoms with Crippen LogP contribution in [0.2, 0.25) is 0 Å². The van der Waals surface area contributed by atoms with E-state index in [-0.39, 0.29) is 31.6 Å². The molecule has 1 aliphatic rings. The molecule has 1 aromatic rings. The van der Waals surface area contributed by atoms with Crippen molar-refractivity contribution < 1.29 is 34.4 Å². The first-order chi connectivity index (χ1) is 15.5. The number of hydrogen-bond acceptors (Lipinski definition) is 7. The summed E-state index contributed by atoms with van der Waals surface area (Å²) in [4.78, 5) is 23.8. The fraction of sp³-hybridized carbons (Fsp3) is 0.652. The molecule has 1 heterocycles. The van der Waals surface area contributed by atoms with Crippen LogP contribution in [-0.4, -0.2) is 73.4 Å². The number of carbonyl (C=O) groups excluding carboxylic acids is 2. The Hall–Kier alpha value is -2.04. The number of aliphatic hydroxyl groups is 3. The minimum atomic E-state index is -0.518. The number of amides is 2. The van der Waals surface area contributed by atoms with Gasteiger partial charge in [-0.25, -0.2) is 5.01 Å². The van der Waals surface area contributed by atoms with Gasteiger partial charge in [-0.15, -0.1) is 0 Å². The average Bonchev–Trinajstić information content (AvgIpc) is 3.11. The van der Waals surface area contributed by atoms with Crippen LogP contribution in [0, 0.1) is 5.92 Å². The molecule has 1 atom stereocenters. The standard InChI is InChI=1S/C13H16N2O2.C4H10O2.C4H10O.C2H6O2/c1-2-3-9-11-12(16)14-15(13(11)17)10-7-5-4-6-8-10;1-2-6-4-3-5;1-3-5-4-2;3-1-2-4/h4-8,11H,2-3,9H2,1H3,(H,14,16);5H,2-4H2,1H3;3-4H2,1-2H3;3-4H,1-2H2. The molecule has 4 N–H and O–H groups in total. The van der Waals surface area contributed by atoms with Crippen LogP contribution in [0.4, 0.5) is 5.69 Å². The number of ether oxygens (including phenoxy) is 2. The van der Waals surface area contributed by atoms with E-state index in [1.807, 2.05) is 45.9 Å². The van der Waals surface area contributed by atoms with Crippen LogP contribution in [0.1, 0.15) is 47.0 Å². The van der Waals surface area contributed by atoms with E-state index in [9.17, 15) is 9.59 Å². The second-order valence-electron chi connectivity index (χ2n) is 6.33. The zero-order valence-corrected chi connectivity index (χ0v) is 20.0. The van der Waals surface area contributed by atoms with Crippen molar-refractivity contribution in [2.75, 3.05) is 51.3 Å². The number of rotatable bonds is 10. The summed E-state index contributed by atoms with van der Waals surface area (Å²) in [6, 6.07) is 9.17. The Morgan fingerprint density at radius 2 is 1.44 bits per heavy atom. The minimum Gasteiger partial charge on any atom is -0.394 e. The Morgan fingerprint density at radius 3 is 1.81 bits per heavy atom. The molecule has 1 aliphatic heterocycles. The largest absolute Gasteiger partial charge is 0.394 e. The predicted molar refractivity (Wildman–Crippen MR) is 125 cm³/mol. The highest BCUT2D eigenvalue weighted by Crippen LogP contribution is 2.22. The van der Waals surface area contributed by atoms with Gasteiger partial charge in [-0.3, -0.25) is 15.0 Å². The summed E-state index contributed by atoms with van der Waals surface area (Å²) in [5.74, 6) is -0.850. The second-order valence-corrected chi connectivity index (χ2v) is 6.33. The molecule has 32 heavy (non-hydrogen) atoms. The lowest BCUT2D eigenvalue weighted by Gasteiger charge is -2.14. The van der Waals surface area contributed by atoms with Crippen molar-refractivity contribution in [3.63, 3.8) is 0 Å². The third-order valence-electron chi connectivity index (χ3n) is 3.87. The van der Waals surface area contributed by atoms with Gasteiger partial charge < -0.3 is 24.8 Å². The highest BCUT2D eigenvalue weighted by Gasteiger charge is 2.39. The Morgan fingerprint density at radius 1 is 0.875 bits per heavy atom. The first-order valence-corrected chi connectivity index (χ1v) is 11.2. The number of nitrogens with zero attached hydrogens (tertiary/aromatic N) is 1. The number of anilines is 1. The van der Waals surface area contributed by atoms with Gasteiger partial charge >= 0.3 is 0 Å². The molecule has 0 spiro atoms. The van der Waals surface area contributed by atoms with Crippen molar-refractivity contribution in [1.82, 2.24) is 5.43 Å². The van der Waals surface area contributed by atoms with E-state index in [1.165, 1.54) is 5.01 Å². The van der Waals surface area contributed by atoms with Gasteiger partial charge in [0.2, 0.25) is 0 Å². The van der Waals surface area contributed by atoms with Gasteiger partial charge in [0.25, 0.3) is 11.8 Å². The molecule has 1 saturated heterocycles. The summed E-state index contributed by atoms with van der Waals surface area (Å²) in [5, 5.41) is 24.7. The molecular weight excluding hydrogens is 416 g/mol. The first kappa shape index (κ1) is 32.1. The number of carbonyl (C=O) groups is 2. The van der Waals surface area contributed by atoms with E-state index >= 15 is 0 Å². The van der Waals surface area contributed by atoms with Gasteiger partial charge in [0.1, 0.15) is 5.92 Å². The predicted octanol–water partition coefficient (Wildman–Crippen LogP) is 1.90. The number of hydrogen-bond donors (Lipinski definition) is 4. The van der Waals surface area contributed by atoms with Crippen molar-refractivity contribution in [3.8, 4) is 0 Å². The molecule has 186 valence electrons. The lowest BCUT2D eigenvalue weighted by Crippen LogP contribution is -2.35. The van der Waals surface area contributed by atoms with Gasteiger partial charge in [0.15, 0.2) is 0 Å². The van der Waals surface area contributed by atoms with Gasteiger partial charge in [-0.05, 0) is 39.3 Å². The van der Waals surface area contributed by atoms with Gasteiger partial charge in [-0.1, -0.05) is 38.0 Å². The van der Waals surface area contributed by atoms with Crippen LogP contribution in [0.15, 0.2) is 30.3 Å². The molecule has 0 aromatic heterocycles. The summed E-state index contributed by atoms with van der Waals surface area (Å²) in [6.07, 6.45) is 2.51. The zero-order chi connectivity index (χ0) is 24.6. The molecule has 9 nitrogen and oxygen atoms in total. The smallest absolute Gasteiger partial charge is 0.258 e. The highest BCUT2D eigenvalue weighted by atomic mass is 16.5. The molecule has 0 saturated carbocycles. The molecule has 1 unspecified atom stereocenters. The molecule has 2 amide bonds. The molecule has 2 rings (SSSR count). The van der Waals surface area contributed by atoms with Crippen LogP contribution in [0.25, 0.3) is 0 Å². The summed E-state index contributed by atoms with van der Waals surface area (Å²) >= 11 is 0. The maximum atomic E-state index is 12.1. The van der Waals surface area contributed by atoms with Crippen molar-refractivity contribution in [3.05, 3.63) is 30.3 Å². The second kappa shape index (κ2) is 23.6. The van der Waals surface area contributed by atoms with Crippen LogP contribution in [0.3, 0.4) is 0 Å². The Balaban J connectivity index is 0. The summed E-state index contributed by atoms with van der Waals surface area (Å²) < 4.78 is 9.57. The molecular formula is C23H42N2O7. The van der Waals surface area contributed by atoms with E-state index in [1.54, 1.807) is 12.1 Å². The average molecular weight is 459 g/mol. The Labute approximate surface area is 192 Å². The number of para-hydroxylation sites is 1. The number of hydrazine groups is 1. The number of aliphatic hydroxyl groups excluding tert-OH is 3. The summed E-state index contributed by atoms with van der Waals surface area (Å²) in [5.41, 5.74) is 3.34. The fourth-order valence-corrected chi connectivity index (χ4v) is 2.36. The quantitative estimate of drug-likeness (QED) is 0.311. The molecule has 0 bridgehead atoms. The third kappa shape index (κ3) is 15.7. The van der Waals surface area contributed by atoms with Gasteiger partial charge in [0, 0.05) is 19.8 Å². The monoisotopic (exact) mass is 458 g/mol. The SMILES string of the molecule is CCCCC1C(=O)NN(c2ccccc2)C1=O.CCOCC.CCOCCO.OCCO. The van der Waals surface area contributed by atoms with Crippen molar-refractivity contribution in [1.29, 1.82) is 0 Å². The van der Waals surface area contributed by atoms with E-state index in [4.69, 9.17) is 24.8 Å². The topological polar surface area (TPSA) is 129 Å². The van der Waals surface area contributed by atoms with Gasteiger partial charge in [0.05, 0.1) is 32.1 Å². The molecule has 0 radical (unpaired) electrons. The Kier molecular flexibility index (Phi) is 23.7. The van der Waals surface area contributed by atoms with E-state index in [0.717, 1.165) is 26.1 Å². The van der Waals surface area contributed by atoms with Crippen molar-refractivity contribution >= 4 is 17.5 Å². The lowest BCUT2D eigenvalue weighted by molar-refractivity contribution is -0.127. The molecule has 0 aliphatic carbocycles. The van der Waals surface area contributed by atoms with Crippen LogP contribution < -0.4 is 10.4 Å². The molecule has 1 fully saturated rings. The van der Waals surface area contributed by atoms with Crippen LogP contribution >= 0.6 is 0 Å². The van der Waals surface area contributed by atoms with Crippen LogP contribution in [-0.2, 0) is 19.1 Å². The van der Waals surface area contributed by atoms with E-state index < -0.39 is 5.92 Å². The summed E-state index contributed by atoms with van der Waals surface area (Å²) in [6.45, 7) is 10.7. The minimum absolute atomic E-state index is 0.125. The molecule has 9 heteroatoms. The highest BCUT2D eigenvalue weighted by molar-refractivity contribution is 6.14. The maximum Gasteiger partial charge on any atom is 0.258 e.